The van der Waals surface area contributed by atoms with Crippen LogP contribution >= 0.6 is 0 Å². The van der Waals surface area contributed by atoms with Gasteiger partial charge in [-0.15, -0.1) is 0 Å². The van der Waals surface area contributed by atoms with Crippen molar-refractivity contribution in [1.82, 2.24) is 19.8 Å². The summed E-state index contributed by atoms with van der Waals surface area (Å²) in [5, 5.41) is 11.8. The summed E-state index contributed by atoms with van der Waals surface area (Å²) in [6.07, 6.45) is -0.105. The molecule has 140 valence electrons. The van der Waals surface area contributed by atoms with Gasteiger partial charge in [0, 0.05) is 20.6 Å². The Bertz CT molecular complexity index is 952. The maximum atomic E-state index is 12.6. The molecule has 1 atom stereocenters. The van der Waals surface area contributed by atoms with Crippen molar-refractivity contribution in [1.29, 1.82) is 0 Å². The number of urea groups is 1. The molecule has 2 N–H and O–H groups in total. The van der Waals surface area contributed by atoms with Crippen LogP contribution in [0, 0.1) is 0 Å². The van der Waals surface area contributed by atoms with Gasteiger partial charge in [0.1, 0.15) is 11.9 Å². The van der Waals surface area contributed by atoms with E-state index in [2.05, 4.69) is 5.32 Å². The van der Waals surface area contributed by atoms with Gasteiger partial charge < -0.3 is 19.9 Å². The Kier molecular flexibility index (Phi) is 5.40. The van der Waals surface area contributed by atoms with E-state index in [4.69, 9.17) is 10.1 Å². The molecular weight excluding hydrogens is 344 g/mol. The molecule has 1 unspecified atom stereocenters. The molecule has 0 fully saturated rings. The molecule has 0 bridgehead atoms. The monoisotopic (exact) mass is 366 g/mol. The first-order valence-corrected chi connectivity index (χ1v) is 8.67. The molecule has 7 nitrogen and oxygen atoms in total. The Labute approximate surface area is 157 Å². The second kappa shape index (κ2) is 7.90. The predicted molar refractivity (Wildman–Crippen MR) is 102 cm³/mol. The third-order valence-electron chi connectivity index (χ3n) is 4.49. The largest absolute Gasteiger partial charge is 0.481 e. The molecule has 7 heteroatoms. The summed E-state index contributed by atoms with van der Waals surface area (Å²) in [4.78, 5) is 29.5. The quantitative estimate of drug-likeness (QED) is 0.702. The summed E-state index contributed by atoms with van der Waals surface area (Å²) in [5.41, 5.74) is 2.72. The maximum absolute atomic E-state index is 12.6. The van der Waals surface area contributed by atoms with Gasteiger partial charge in [-0.3, -0.25) is 4.79 Å². The number of rotatable bonds is 6. The summed E-state index contributed by atoms with van der Waals surface area (Å²) >= 11 is 0. The van der Waals surface area contributed by atoms with E-state index in [1.165, 1.54) is 4.90 Å². The number of imidazole rings is 1. The standard InChI is InChI=1S/C20H22N4O3/c1-23(13-12-17(25)26)20(27)22-18(14-8-4-3-5-9-14)19-21-15-10-6-7-11-16(15)24(19)2/h3-11,18H,12-13H2,1-2H3,(H,22,27)(H,25,26). The SMILES string of the molecule is CN(CCC(=O)O)C(=O)NC(c1ccccc1)c1nc2ccccc2n1C. The lowest BCUT2D eigenvalue weighted by Crippen LogP contribution is -2.41. The number of aliphatic carboxylic acids is 1. The van der Waals surface area contributed by atoms with Gasteiger partial charge in [0.25, 0.3) is 0 Å². The van der Waals surface area contributed by atoms with Crippen molar-refractivity contribution in [3.8, 4) is 0 Å². The van der Waals surface area contributed by atoms with Crippen molar-refractivity contribution in [3.05, 3.63) is 66.0 Å². The van der Waals surface area contributed by atoms with Crippen molar-refractivity contribution >= 4 is 23.0 Å². The number of hydrogen-bond acceptors (Lipinski definition) is 3. The third kappa shape index (κ3) is 4.08. The highest BCUT2D eigenvalue weighted by molar-refractivity contribution is 5.78. The van der Waals surface area contributed by atoms with Gasteiger partial charge in [0.15, 0.2) is 0 Å². The Hall–Kier alpha value is -3.35. The highest BCUT2D eigenvalue weighted by Gasteiger charge is 2.24. The van der Waals surface area contributed by atoms with E-state index in [-0.39, 0.29) is 19.0 Å². The van der Waals surface area contributed by atoms with Crippen LogP contribution in [0.15, 0.2) is 54.6 Å². The molecule has 1 aromatic heterocycles. The minimum absolute atomic E-state index is 0.105. The zero-order chi connectivity index (χ0) is 19.4. The number of nitrogens with one attached hydrogen (secondary N) is 1. The summed E-state index contributed by atoms with van der Waals surface area (Å²) in [5.74, 6) is -0.230. The molecule has 3 rings (SSSR count). The highest BCUT2D eigenvalue weighted by Crippen LogP contribution is 2.25. The summed E-state index contributed by atoms with van der Waals surface area (Å²) in [6.45, 7) is 0.130. The molecule has 0 aliphatic rings. The second-order valence-corrected chi connectivity index (χ2v) is 6.38. The number of carboxylic acids is 1. The van der Waals surface area contributed by atoms with Crippen LogP contribution in [-0.2, 0) is 11.8 Å². The second-order valence-electron chi connectivity index (χ2n) is 6.38. The highest BCUT2D eigenvalue weighted by atomic mass is 16.4. The number of carbonyl (C=O) groups is 2. The molecular formula is C20H22N4O3. The normalized spacial score (nSPS) is 11.9. The molecule has 0 aliphatic carbocycles. The topological polar surface area (TPSA) is 87.5 Å². The van der Waals surface area contributed by atoms with Crippen molar-refractivity contribution in [2.75, 3.05) is 13.6 Å². The third-order valence-corrected chi connectivity index (χ3v) is 4.49. The van der Waals surface area contributed by atoms with Crippen molar-refractivity contribution in [2.45, 2.75) is 12.5 Å². The number of carbonyl (C=O) groups excluding carboxylic acids is 1. The van der Waals surface area contributed by atoms with Gasteiger partial charge in [-0.1, -0.05) is 42.5 Å². The number of aryl methyl sites for hydroxylation is 1. The molecule has 0 saturated carbocycles. The van der Waals surface area contributed by atoms with Gasteiger partial charge in [-0.25, -0.2) is 9.78 Å². The number of aromatic nitrogens is 2. The van der Waals surface area contributed by atoms with Crippen LogP contribution in [0.1, 0.15) is 23.9 Å². The van der Waals surface area contributed by atoms with E-state index in [1.54, 1.807) is 7.05 Å². The maximum Gasteiger partial charge on any atom is 0.318 e. The zero-order valence-electron chi connectivity index (χ0n) is 15.3. The number of benzene rings is 2. The molecule has 0 radical (unpaired) electrons. The van der Waals surface area contributed by atoms with Crippen LogP contribution in [0.3, 0.4) is 0 Å². The summed E-state index contributed by atoms with van der Waals surface area (Å²) < 4.78 is 1.96. The number of amides is 2. The first kappa shape index (κ1) is 18.4. The molecule has 0 spiro atoms. The Morgan fingerprint density at radius 2 is 1.81 bits per heavy atom. The Morgan fingerprint density at radius 3 is 2.48 bits per heavy atom. The molecule has 2 amide bonds. The van der Waals surface area contributed by atoms with Gasteiger partial charge in [0.2, 0.25) is 0 Å². The first-order chi connectivity index (χ1) is 13.0. The number of para-hydroxylation sites is 2. The van der Waals surface area contributed by atoms with E-state index >= 15 is 0 Å². The van der Waals surface area contributed by atoms with Gasteiger partial charge in [0.05, 0.1) is 17.5 Å². The lowest BCUT2D eigenvalue weighted by molar-refractivity contribution is -0.137. The fraction of sp³-hybridized carbons (Fsp3) is 0.250. The van der Waals surface area contributed by atoms with E-state index in [9.17, 15) is 9.59 Å². The minimum Gasteiger partial charge on any atom is -0.481 e. The number of hydrogen-bond donors (Lipinski definition) is 2. The van der Waals surface area contributed by atoms with Crippen LogP contribution in [0.4, 0.5) is 4.79 Å². The fourth-order valence-corrected chi connectivity index (χ4v) is 2.96. The van der Waals surface area contributed by atoms with E-state index in [0.29, 0.717) is 5.82 Å². The fourth-order valence-electron chi connectivity index (χ4n) is 2.96. The Morgan fingerprint density at radius 1 is 1.15 bits per heavy atom. The van der Waals surface area contributed by atoms with Crippen LogP contribution < -0.4 is 5.32 Å². The van der Waals surface area contributed by atoms with Gasteiger partial charge in [-0.05, 0) is 17.7 Å². The predicted octanol–water partition coefficient (Wildman–Crippen LogP) is 2.78. The van der Waals surface area contributed by atoms with Gasteiger partial charge >= 0.3 is 12.0 Å². The number of fused-ring (bicyclic) bond motifs is 1. The van der Waals surface area contributed by atoms with Crippen LogP contribution in [0.25, 0.3) is 11.0 Å². The molecule has 0 aliphatic heterocycles. The van der Waals surface area contributed by atoms with Gasteiger partial charge in [-0.2, -0.15) is 0 Å². The molecule has 1 heterocycles. The molecule has 3 aromatic rings. The zero-order valence-corrected chi connectivity index (χ0v) is 15.3. The Balaban J connectivity index is 1.93. The van der Waals surface area contributed by atoms with E-state index in [0.717, 1.165) is 16.6 Å². The lowest BCUT2D eigenvalue weighted by Gasteiger charge is -2.23. The first-order valence-electron chi connectivity index (χ1n) is 8.67. The van der Waals surface area contributed by atoms with Crippen molar-refractivity contribution in [2.24, 2.45) is 7.05 Å². The van der Waals surface area contributed by atoms with E-state index < -0.39 is 12.0 Å². The average Bonchev–Trinajstić information content (AvgIpc) is 3.01. The van der Waals surface area contributed by atoms with Crippen LogP contribution in [-0.4, -0.2) is 45.2 Å². The summed E-state index contributed by atoms with van der Waals surface area (Å²) in [6, 6.07) is 16.6. The number of nitrogens with zero attached hydrogens (tertiary/aromatic N) is 3. The average molecular weight is 366 g/mol. The summed E-state index contributed by atoms with van der Waals surface area (Å²) in [7, 11) is 3.50. The molecule has 0 saturated heterocycles. The van der Waals surface area contributed by atoms with Crippen LogP contribution in [0.2, 0.25) is 0 Å². The van der Waals surface area contributed by atoms with Crippen molar-refractivity contribution < 1.29 is 14.7 Å². The lowest BCUT2D eigenvalue weighted by atomic mass is 10.1. The molecule has 27 heavy (non-hydrogen) atoms. The minimum atomic E-state index is -0.940. The number of carboxylic acid groups (broad SMARTS) is 1. The van der Waals surface area contributed by atoms with Crippen molar-refractivity contribution in [3.63, 3.8) is 0 Å². The van der Waals surface area contributed by atoms with E-state index in [1.807, 2.05) is 66.2 Å². The van der Waals surface area contributed by atoms with Crippen LogP contribution in [0.5, 0.6) is 0 Å². The smallest absolute Gasteiger partial charge is 0.318 e. The molecule has 2 aromatic carbocycles.